The van der Waals surface area contributed by atoms with E-state index in [2.05, 4.69) is 22.8 Å². The number of amides is 2. The Balaban J connectivity index is 1.22. The van der Waals surface area contributed by atoms with Gasteiger partial charge in [0.2, 0.25) is 5.91 Å². The number of carbonyl (C=O) groups is 3. The Kier molecular flexibility index (Phi) is 6.01. The molecule has 2 fully saturated rings. The molecule has 1 spiro atoms. The summed E-state index contributed by atoms with van der Waals surface area (Å²) >= 11 is 0. The Morgan fingerprint density at radius 2 is 1.63 bits per heavy atom. The average molecular weight is 479 g/mol. The van der Waals surface area contributed by atoms with Gasteiger partial charge in [-0.2, -0.15) is 0 Å². The van der Waals surface area contributed by atoms with Crippen molar-refractivity contribution >= 4 is 18.0 Å². The molecule has 5 rings (SSSR count). The van der Waals surface area contributed by atoms with E-state index in [1.54, 1.807) is 0 Å². The molecule has 8 heteroatoms. The molecule has 8 nitrogen and oxygen atoms in total. The number of alkyl carbamates (subject to hydrolysis) is 1. The molecule has 2 saturated carbocycles. The SMILES string of the molecule is COCC(NC(=O)OCC1c2ccccc2-c2ccccc21)C(=O)NC1(C(=O)O)CC2(CCC2)C1. The largest absolute Gasteiger partial charge is 0.480 e. The van der Waals surface area contributed by atoms with Crippen molar-refractivity contribution < 1.29 is 29.0 Å². The second-order valence-electron chi connectivity index (χ2n) is 10.1. The molecule has 184 valence electrons. The van der Waals surface area contributed by atoms with Crippen LogP contribution in [0.1, 0.15) is 49.1 Å². The van der Waals surface area contributed by atoms with Crippen molar-refractivity contribution in [2.45, 2.75) is 49.6 Å². The predicted molar refractivity (Wildman–Crippen MR) is 128 cm³/mol. The summed E-state index contributed by atoms with van der Waals surface area (Å²) in [4.78, 5) is 37.6. The second-order valence-corrected chi connectivity index (χ2v) is 10.1. The summed E-state index contributed by atoms with van der Waals surface area (Å²) in [6.07, 6.45) is 3.18. The van der Waals surface area contributed by atoms with Gasteiger partial charge in [-0.05, 0) is 53.4 Å². The number of fused-ring (bicyclic) bond motifs is 3. The third kappa shape index (κ3) is 4.16. The number of hydrogen-bond acceptors (Lipinski definition) is 5. The maximum Gasteiger partial charge on any atom is 0.407 e. The molecule has 3 aliphatic carbocycles. The number of carbonyl (C=O) groups excluding carboxylic acids is 2. The zero-order chi connectivity index (χ0) is 24.6. The fraction of sp³-hybridized carbons (Fsp3) is 0.444. The van der Waals surface area contributed by atoms with E-state index in [9.17, 15) is 19.5 Å². The van der Waals surface area contributed by atoms with E-state index in [1.807, 2.05) is 36.4 Å². The zero-order valence-electron chi connectivity index (χ0n) is 19.7. The van der Waals surface area contributed by atoms with Gasteiger partial charge in [-0.25, -0.2) is 9.59 Å². The molecule has 0 saturated heterocycles. The molecule has 0 bridgehead atoms. The van der Waals surface area contributed by atoms with E-state index in [4.69, 9.17) is 9.47 Å². The molecule has 0 aromatic heterocycles. The lowest BCUT2D eigenvalue weighted by atomic mass is 9.48. The lowest BCUT2D eigenvalue weighted by Crippen LogP contribution is -2.70. The number of rotatable bonds is 8. The van der Waals surface area contributed by atoms with Gasteiger partial charge >= 0.3 is 12.1 Å². The van der Waals surface area contributed by atoms with Crippen molar-refractivity contribution in [3.63, 3.8) is 0 Å². The summed E-state index contributed by atoms with van der Waals surface area (Å²) in [5, 5.41) is 15.0. The highest BCUT2D eigenvalue weighted by Gasteiger charge is 2.62. The van der Waals surface area contributed by atoms with E-state index >= 15 is 0 Å². The number of aliphatic carboxylic acids is 1. The fourth-order valence-corrected chi connectivity index (χ4v) is 6.01. The molecule has 2 amide bonds. The molecule has 0 heterocycles. The van der Waals surface area contributed by atoms with Crippen LogP contribution >= 0.6 is 0 Å². The number of ether oxygens (including phenoxy) is 2. The van der Waals surface area contributed by atoms with Gasteiger partial charge in [0.05, 0.1) is 6.61 Å². The van der Waals surface area contributed by atoms with E-state index in [0.717, 1.165) is 41.5 Å². The Morgan fingerprint density at radius 3 is 2.14 bits per heavy atom. The van der Waals surface area contributed by atoms with Crippen molar-refractivity contribution in [3.8, 4) is 11.1 Å². The number of nitrogens with one attached hydrogen (secondary N) is 2. The van der Waals surface area contributed by atoms with Gasteiger partial charge in [0.15, 0.2) is 0 Å². The van der Waals surface area contributed by atoms with Gasteiger partial charge in [-0.3, -0.25) is 4.79 Å². The number of methoxy groups -OCH3 is 1. The highest BCUT2D eigenvalue weighted by atomic mass is 16.5. The molecular weight excluding hydrogens is 448 g/mol. The number of hydrogen-bond donors (Lipinski definition) is 3. The highest BCUT2D eigenvalue weighted by molar-refractivity contribution is 5.92. The van der Waals surface area contributed by atoms with Gasteiger partial charge in [0.25, 0.3) is 0 Å². The van der Waals surface area contributed by atoms with Crippen LogP contribution < -0.4 is 10.6 Å². The van der Waals surface area contributed by atoms with E-state index < -0.39 is 29.6 Å². The number of carboxylic acids is 1. The first-order valence-electron chi connectivity index (χ1n) is 12.0. The first-order chi connectivity index (χ1) is 16.9. The summed E-state index contributed by atoms with van der Waals surface area (Å²) in [5.41, 5.74) is 3.18. The lowest BCUT2D eigenvalue weighted by molar-refractivity contribution is -0.166. The molecule has 2 aromatic rings. The van der Waals surface area contributed by atoms with E-state index in [-0.39, 0.29) is 24.5 Å². The summed E-state index contributed by atoms with van der Waals surface area (Å²) in [5.74, 6) is -1.73. The second kappa shape index (κ2) is 9.00. The highest BCUT2D eigenvalue weighted by Crippen LogP contribution is 2.60. The molecule has 0 radical (unpaired) electrons. The first kappa shape index (κ1) is 23.4. The van der Waals surface area contributed by atoms with E-state index in [0.29, 0.717) is 12.8 Å². The van der Waals surface area contributed by atoms with Gasteiger partial charge in [-0.1, -0.05) is 55.0 Å². The summed E-state index contributed by atoms with van der Waals surface area (Å²) in [6, 6.07) is 15.0. The molecule has 3 N–H and O–H groups in total. The predicted octanol–water partition coefficient (Wildman–Crippen LogP) is 3.44. The van der Waals surface area contributed by atoms with Crippen molar-refractivity contribution in [3.05, 3.63) is 59.7 Å². The smallest absolute Gasteiger partial charge is 0.407 e. The quantitative estimate of drug-likeness (QED) is 0.536. The molecule has 2 aromatic carbocycles. The normalized spacial score (nSPS) is 19.5. The van der Waals surface area contributed by atoms with Crippen LogP contribution in [0.3, 0.4) is 0 Å². The lowest BCUT2D eigenvalue weighted by Gasteiger charge is -2.59. The molecule has 35 heavy (non-hydrogen) atoms. The maximum absolute atomic E-state index is 13.0. The minimum atomic E-state index is -1.29. The number of benzene rings is 2. The third-order valence-electron chi connectivity index (χ3n) is 7.83. The van der Waals surface area contributed by atoms with Crippen LogP contribution in [0.4, 0.5) is 4.79 Å². The standard InChI is InChI=1S/C27H30N2O6/c1-34-14-22(23(30)29-27(24(31)32)15-26(16-27)11-6-12-26)28-25(33)35-13-21-19-9-4-2-7-17(19)18-8-3-5-10-20(18)21/h2-5,7-10,21-22H,6,11-16H2,1H3,(H,28,33)(H,29,30)(H,31,32). The van der Waals surface area contributed by atoms with E-state index in [1.165, 1.54) is 7.11 Å². The minimum Gasteiger partial charge on any atom is -0.480 e. The molecule has 3 aliphatic rings. The average Bonchev–Trinajstić information content (AvgIpc) is 3.11. The topological polar surface area (TPSA) is 114 Å². The van der Waals surface area contributed by atoms with Gasteiger partial charge < -0.3 is 25.2 Å². The molecule has 0 aliphatic heterocycles. The van der Waals surface area contributed by atoms with Gasteiger partial charge in [0, 0.05) is 13.0 Å². The molecular formula is C27H30N2O6. The first-order valence-corrected chi connectivity index (χ1v) is 12.0. The van der Waals surface area contributed by atoms with Crippen molar-refractivity contribution in [2.24, 2.45) is 5.41 Å². The van der Waals surface area contributed by atoms with Crippen molar-refractivity contribution in [1.29, 1.82) is 0 Å². The Morgan fingerprint density at radius 1 is 1.03 bits per heavy atom. The number of carboxylic acid groups (broad SMARTS) is 1. The van der Waals surface area contributed by atoms with Crippen molar-refractivity contribution in [2.75, 3.05) is 20.3 Å². The van der Waals surface area contributed by atoms with Gasteiger partial charge in [-0.15, -0.1) is 0 Å². The van der Waals surface area contributed by atoms with Crippen LogP contribution in [0.25, 0.3) is 11.1 Å². The Bertz CT molecular complexity index is 1100. The van der Waals surface area contributed by atoms with Crippen LogP contribution in [-0.4, -0.2) is 55.0 Å². The molecule has 1 atom stereocenters. The Labute approximate surface area is 204 Å². The molecule has 1 unspecified atom stereocenters. The maximum atomic E-state index is 13.0. The Hall–Kier alpha value is -3.39. The summed E-state index contributed by atoms with van der Waals surface area (Å²) in [7, 11) is 1.42. The van der Waals surface area contributed by atoms with Crippen molar-refractivity contribution in [1.82, 2.24) is 10.6 Å². The summed E-state index contributed by atoms with van der Waals surface area (Å²) < 4.78 is 10.7. The fourth-order valence-electron chi connectivity index (χ4n) is 6.01. The summed E-state index contributed by atoms with van der Waals surface area (Å²) in [6.45, 7) is 0.0135. The van der Waals surface area contributed by atoms with Crippen LogP contribution in [0.15, 0.2) is 48.5 Å². The van der Waals surface area contributed by atoms with Crippen LogP contribution in [-0.2, 0) is 19.1 Å². The van der Waals surface area contributed by atoms with Crippen LogP contribution in [0, 0.1) is 5.41 Å². The zero-order valence-corrected chi connectivity index (χ0v) is 19.7. The third-order valence-corrected chi connectivity index (χ3v) is 7.83. The van der Waals surface area contributed by atoms with Crippen LogP contribution in [0.5, 0.6) is 0 Å². The van der Waals surface area contributed by atoms with Crippen LogP contribution in [0.2, 0.25) is 0 Å². The van der Waals surface area contributed by atoms with Gasteiger partial charge in [0.1, 0.15) is 18.2 Å². The monoisotopic (exact) mass is 478 g/mol. The minimum absolute atomic E-state index is 0.0443.